The molecule has 0 bridgehead atoms. The Morgan fingerprint density at radius 3 is 2.11 bits per heavy atom. The fourth-order valence-electron chi connectivity index (χ4n) is 2.10. The highest BCUT2D eigenvalue weighted by Gasteiger charge is 2.19. The quantitative estimate of drug-likeness (QED) is 0.888. The van der Waals surface area contributed by atoms with Gasteiger partial charge in [0.25, 0.3) is 5.91 Å². The first-order valence-electron chi connectivity index (χ1n) is 6.39. The van der Waals surface area contributed by atoms with Crippen LogP contribution >= 0.6 is 0 Å². The minimum absolute atomic E-state index is 0.220. The summed E-state index contributed by atoms with van der Waals surface area (Å²) in [5, 5.41) is 8.91. The molecule has 0 unspecified atom stereocenters. The first-order valence-corrected chi connectivity index (χ1v) is 6.39. The van der Waals surface area contributed by atoms with Crippen LogP contribution in [0.1, 0.15) is 35.3 Å². The molecule has 0 spiro atoms. The molecule has 0 aliphatic rings. The second-order valence-electron chi connectivity index (χ2n) is 5.35. The van der Waals surface area contributed by atoms with E-state index in [2.05, 4.69) is 0 Å². The van der Waals surface area contributed by atoms with Crippen molar-refractivity contribution >= 4 is 11.9 Å². The lowest BCUT2D eigenvalue weighted by Gasteiger charge is -2.23. The van der Waals surface area contributed by atoms with Crippen molar-refractivity contribution in [2.45, 2.75) is 27.7 Å². The largest absolute Gasteiger partial charge is 0.480 e. The lowest BCUT2D eigenvalue weighted by Crippen LogP contribution is -2.38. The molecule has 0 heterocycles. The van der Waals surface area contributed by atoms with Crippen LogP contribution in [0.2, 0.25) is 0 Å². The van der Waals surface area contributed by atoms with Crippen molar-refractivity contribution in [3.05, 3.63) is 34.9 Å². The smallest absolute Gasteiger partial charge is 0.323 e. The van der Waals surface area contributed by atoms with Gasteiger partial charge in [-0.25, -0.2) is 0 Å². The topological polar surface area (TPSA) is 57.6 Å². The number of carbonyl (C=O) groups excluding carboxylic acids is 1. The molecule has 1 rings (SSSR count). The number of nitrogens with zero attached hydrogens (tertiary/aromatic N) is 1. The molecular formula is C15H21NO3. The predicted octanol–water partition coefficient (Wildman–Crippen LogP) is 2.49. The number of amides is 1. The van der Waals surface area contributed by atoms with Crippen molar-refractivity contribution in [3.63, 3.8) is 0 Å². The average Bonchev–Trinajstić information content (AvgIpc) is 2.24. The van der Waals surface area contributed by atoms with Gasteiger partial charge in [0.05, 0.1) is 0 Å². The fraction of sp³-hybridized carbons (Fsp3) is 0.467. The summed E-state index contributed by atoms with van der Waals surface area (Å²) < 4.78 is 0. The van der Waals surface area contributed by atoms with Crippen molar-refractivity contribution in [1.82, 2.24) is 4.90 Å². The van der Waals surface area contributed by atoms with E-state index in [1.807, 2.05) is 33.8 Å². The number of aryl methyl sites for hydroxylation is 2. The van der Waals surface area contributed by atoms with E-state index in [4.69, 9.17) is 5.11 Å². The van der Waals surface area contributed by atoms with Gasteiger partial charge in [-0.3, -0.25) is 9.59 Å². The van der Waals surface area contributed by atoms with Gasteiger partial charge in [0, 0.05) is 12.1 Å². The Morgan fingerprint density at radius 1 is 1.16 bits per heavy atom. The van der Waals surface area contributed by atoms with Crippen LogP contribution in [0.3, 0.4) is 0 Å². The monoisotopic (exact) mass is 263 g/mol. The zero-order valence-electron chi connectivity index (χ0n) is 11.9. The standard InChI is InChI=1S/C15H21NO3/c1-10(2)8-16(9-14(17)18)15(19)13-6-11(3)5-12(4)7-13/h5-7,10H,8-9H2,1-4H3,(H,17,18). The van der Waals surface area contributed by atoms with Gasteiger partial charge in [-0.15, -0.1) is 0 Å². The van der Waals surface area contributed by atoms with Crippen molar-refractivity contribution in [1.29, 1.82) is 0 Å². The number of benzene rings is 1. The van der Waals surface area contributed by atoms with E-state index in [0.717, 1.165) is 11.1 Å². The van der Waals surface area contributed by atoms with Gasteiger partial charge in [0.1, 0.15) is 6.54 Å². The summed E-state index contributed by atoms with van der Waals surface area (Å²) in [6.45, 7) is 7.96. The van der Waals surface area contributed by atoms with Crippen LogP contribution < -0.4 is 0 Å². The zero-order chi connectivity index (χ0) is 14.6. The summed E-state index contributed by atoms with van der Waals surface area (Å²) in [4.78, 5) is 24.6. The highest BCUT2D eigenvalue weighted by atomic mass is 16.4. The van der Waals surface area contributed by atoms with Crippen LogP contribution in [0.25, 0.3) is 0 Å². The maximum Gasteiger partial charge on any atom is 0.323 e. The second kappa shape index (κ2) is 6.36. The summed E-state index contributed by atoms with van der Waals surface area (Å²) in [7, 11) is 0. The molecule has 0 aliphatic carbocycles. The van der Waals surface area contributed by atoms with E-state index < -0.39 is 5.97 Å². The molecule has 0 saturated heterocycles. The van der Waals surface area contributed by atoms with Gasteiger partial charge in [-0.2, -0.15) is 0 Å². The first-order chi connectivity index (χ1) is 8.79. The summed E-state index contributed by atoms with van der Waals surface area (Å²) in [5.74, 6) is -0.976. The molecule has 4 nitrogen and oxygen atoms in total. The molecule has 1 aromatic rings. The highest BCUT2D eigenvalue weighted by Crippen LogP contribution is 2.12. The summed E-state index contributed by atoms with van der Waals surface area (Å²) in [6, 6.07) is 5.58. The minimum atomic E-state index is -0.988. The Labute approximate surface area is 114 Å². The van der Waals surface area contributed by atoms with Crippen LogP contribution in [-0.2, 0) is 4.79 Å². The van der Waals surface area contributed by atoms with Crippen LogP contribution in [-0.4, -0.2) is 35.0 Å². The first kappa shape index (κ1) is 15.2. The van der Waals surface area contributed by atoms with Crippen LogP contribution in [0, 0.1) is 19.8 Å². The van der Waals surface area contributed by atoms with Crippen molar-refractivity contribution in [2.24, 2.45) is 5.92 Å². The third-order valence-electron chi connectivity index (χ3n) is 2.67. The number of carboxylic acid groups (broad SMARTS) is 1. The van der Waals surface area contributed by atoms with E-state index in [1.54, 1.807) is 12.1 Å². The lowest BCUT2D eigenvalue weighted by molar-refractivity contribution is -0.137. The summed E-state index contributed by atoms with van der Waals surface area (Å²) >= 11 is 0. The summed E-state index contributed by atoms with van der Waals surface area (Å²) in [5.41, 5.74) is 2.56. The summed E-state index contributed by atoms with van der Waals surface area (Å²) in [6.07, 6.45) is 0. The van der Waals surface area contributed by atoms with Crippen LogP contribution in [0.15, 0.2) is 18.2 Å². The van der Waals surface area contributed by atoms with Crippen molar-refractivity contribution in [2.75, 3.05) is 13.1 Å². The number of hydrogen-bond donors (Lipinski definition) is 1. The lowest BCUT2D eigenvalue weighted by atomic mass is 10.1. The molecule has 0 atom stereocenters. The van der Waals surface area contributed by atoms with Gasteiger partial charge < -0.3 is 10.0 Å². The molecule has 4 heteroatoms. The Bertz CT molecular complexity index is 460. The molecular weight excluding hydrogens is 242 g/mol. The normalized spacial score (nSPS) is 10.6. The molecule has 104 valence electrons. The van der Waals surface area contributed by atoms with E-state index >= 15 is 0 Å². The van der Waals surface area contributed by atoms with Crippen molar-refractivity contribution < 1.29 is 14.7 Å². The Morgan fingerprint density at radius 2 is 1.68 bits per heavy atom. The van der Waals surface area contributed by atoms with E-state index in [-0.39, 0.29) is 18.4 Å². The molecule has 1 aromatic carbocycles. The van der Waals surface area contributed by atoms with Crippen LogP contribution in [0.5, 0.6) is 0 Å². The number of hydrogen-bond acceptors (Lipinski definition) is 2. The Kier molecular flexibility index (Phi) is 5.10. The highest BCUT2D eigenvalue weighted by molar-refractivity contribution is 5.96. The third-order valence-corrected chi connectivity index (χ3v) is 2.67. The van der Waals surface area contributed by atoms with Gasteiger partial charge in [-0.05, 0) is 31.9 Å². The molecule has 0 saturated carbocycles. The molecule has 0 aromatic heterocycles. The van der Waals surface area contributed by atoms with E-state index in [1.165, 1.54) is 4.90 Å². The average molecular weight is 263 g/mol. The molecule has 0 aliphatic heterocycles. The molecule has 1 N–H and O–H groups in total. The van der Waals surface area contributed by atoms with E-state index in [0.29, 0.717) is 12.1 Å². The second-order valence-corrected chi connectivity index (χ2v) is 5.35. The maximum absolute atomic E-state index is 12.4. The van der Waals surface area contributed by atoms with E-state index in [9.17, 15) is 9.59 Å². The molecule has 0 fully saturated rings. The minimum Gasteiger partial charge on any atom is -0.480 e. The number of carbonyl (C=O) groups is 2. The number of rotatable bonds is 5. The van der Waals surface area contributed by atoms with Gasteiger partial charge in [0.2, 0.25) is 0 Å². The van der Waals surface area contributed by atoms with Crippen LogP contribution in [0.4, 0.5) is 0 Å². The molecule has 19 heavy (non-hydrogen) atoms. The van der Waals surface area contributed by atoms with Gasteiger partial charge in [0.15, 0.2) is 0 Å². The fourth-order valence-corrected chi connectivity index (χ4v) is 2.10. The Balaban J connectivity index is 3.00. The van der Waals surface area contributed by atoms with Gasteiger partial charge >= 0.3 is 5.97 Å². The SMILES string of the molecule is Cc1cc(C)cc(C(=O)N(CC(=O)O)CC(C)C)c1. The predicted molar refractivity (Wildman–Crippen MR) is 74.3 cm³/mol. The maximum atomic E-state index is 12.4. The van der Waals surface area contributed by atoms with Crippen molar-refractivity contribution in [3.8, 4) is 0 Å². The third kappa shape index (κ3) is 4.73. The number of aliphatic carboxylic acids is 1. The zero-order valence-corrected chi connectivity index (χ0v) is 11.9. The Hall–Kier alpha value is -1.84. The molecule has 0 radical (unpaired) electrons. The number of carboxylic acids is 1. The molecule has 1 amide bonds. The van der Waals surface area contributed by atoms with Gasteiger partial charge in [-0.1, -0.05) is 31.0 Å².